The van der Waals surface area contributed by atoms with Crippen LogP contribution in [-0.2, 0) is 29.7 Å². The van der Waals surface area contributed by atoms with Crippen molar-refractivity contribution in [3.05, 3.63) is 77.9 Å². The van der Waals surface area contributed by atoms with Crippen molar-refractivity contribution in [2.24, 2.45) is 7.05 Å². The maximum Gasteiger partial charge on any atom is 0.338 e. The van der Waals surface area contributed by atoms with Crippen molar-refractivity contribution in [3.63, 3.8) is 0 Å². The van der Waals surface area contributed by atoms with E-state index in [1.807, 2.05) is 41.9 Å². The van der Waals surface area contributed by atoms with Gasteiger partial charge in [-0.05, 0) is 48.9 Å². The number of hydrogen-bond acceptors (Lipinski definition) is 5. The number of benzene rings is 2. The van der Waals surface area contributed by atoms with Crippen LogP contribution in [0.1, 0.15) is 28.5 Å². The second kappa shape index (κ2) is 8.28. The molecule has 0 aliphatic heterocycles. The topological polar surface area (TPSA) is 71.2 Å². The molecule has 2 heterocycles. The van der Waals surface area contributed by atoms with Crippen LogP contribution in [0.2, 0.25) is 0 Å². The predicted molar refractivity (Wildman–Crippen MR) is 109 cm³/mol. The molecule has 0 fully saturated rings. The zero-order valence-corrected chi connectivity index (χ0v) is 16.4. The van der Waals surface area contributed by atoms with Crippen molar-refractivity contribution in [3.8, 4) is 5.69 Å². The Morgan fingerprint density at radius 3 is 2.79 bits per heavy atom. The van der Waals surface area contributed by atoms with Gasteiger partial charge < -0.3 is 9.47 Å². The molecule has 0 radical (unpaired) electrons. The van der Waals surface area contributed by atoms with Crippen LogP contribution in [0.15, 0.2) is 61.1 Å². The molecule has 29 heavy (non-hydrogen) atoms. The molecule has 0 saturated heterocycles. The first-order chi connectivity index (χ1) is 14.2. The molecule has 2 aromatic heterocycles. The van der Waals surface area contributed by atoms with Crippen molar-refractivity contribution in [1.29, 1.82) is 0 Å². The summed E-state index contributed by atoms with van der Waals surface area (Å²) in [5.41, 5.74) is 5.24. The van der Waals surface area contributed by atoms with E-state index >= 15 is 0 Å². The summed E-state index contributed by atoms with van der Waals surface area (Å²) in [6.45, 7) is 3.14. The molecule has 0 spiro atoms. The lowest BCUT2D eigenvalue weighted by molar-refractivity contribution is 0.0526. The van der Waals surface area contributed by atoms with Crippen LogP contribution < -0.4 is 0 Å². The summed E-state index contributed by atoms with van der Waals surface area (Å²) < 4.78 is 14.7. The molecule has 0 aliphatic carbocycles. The fourth-order valence-electron chi connectivity index (χ4n) is 3.17. The quantitative estimate of drug-likeness (QED) is 0.451. The van der Waals surface area contributed by atoms with Gasteiger partial charge in [0.05, 0.1) is 42.1 Å². The lowest BCUT2D eigenvalue weighted by Gasteiger charge is -2.09. The van der Waals surface area contributed by atoms with Gasteiger partial charge in [0.1, 0.15) is 6.33 Å². The van der Waals surface area contributed by atoms with Crippen molar-refractivity contribution in [1.82, 2.24) is 19.3 Å². The van der Waals surface area contributed by atoms with E-state index in [4.69, 9.17) is 9.47 Å². The normalized spacial score (nSPS) is 11.1. The zero-order valence-electron chi connectivity index (χ0n) is 16.4. The smallest absolute Gasteiger partial charge is 0.338 e. The monoisotopic (exact) mass is 390 g/mol. The highest BCUT2D eigenvalue weighted by atomic mass is 16.5. The Kier molecular flexibility index (Phi) is 5.39. The first-order valence-corrected chi connectivity index (χ1v) is 9.44. The summed E-state index contributed by atoms with van der Waals surface area (Å²) in [5, 5.41) is 4.14. The molecule has 0 N–H and O–H groups in total. The Morgan fingerprint density at radius 1 is 1.10 bits per heavy atom. The SMILES string of the molecule is CCOC(=O)c1ccc2c(c1)ncn2-c1cccc(COCc2ccnn2C)c1. The van der Waals surface area contributed by atoms with Crippen LogP contribution in [0.3, 0.4) is 0 Å². The summed E-state index contributed by atoms with van der Waals surface area (Å²) in [4.78, 5) is 16.4. The maximum absolute atomic E-state index is 11.9. The maximum atomic E-state index is 11.9. The molecule has 0 atom stereocenters. The average Bonchev–Trinajstić information content (AvgIpc) is 3.34. The van der Waals surface area contributed by atoms with E-state index in [-0.39, 0.29) is 5.97 Å². The molecule has 7 nitrogen and oxygen atoms in total. The van der Waals surface area contributed by atoms with Crippen LogP contribution in [0.5, 0.6) is 0 Å². The fourth-order valence-corrected chi connectivity index (χ4v) is 3.17. The first-order valence-electron chi connectivity index (χ1n) is 9.44. The van der Waals surface area contributed by atoms with Gasteiger partial charge in [0.15, 0.2) is 0 Å². The highest BCUT2D eigenvalue weighted by Gasteiger charge is 2.11. The summed E-state index contributed by atoms with van der Waals surface area (Å²) in [7, 11) is 1.90. The third-order valence-corrected chi connectivity index (χ3v) is 4.69. The molecule has 0 amide bonds. The summed E-state index contributed by atoms with van der Waals surface area (Å²) in [6, 6.07) is 15.5. The Balaban J connectivity index is 1.52. The van der Waals surface area contributed by atoms with Crippen molar-refractivity contribution >= 4 is 17.0 Å². The van der Waals surface area contributed by atoms with Gasteiger partial charge in [0.2, 0.25) is 0 Å². The second-order valence-electron chi connectivity index (χ2n) is 6.65. The van der Waals surface area contributed by atoms with Crippen LogP contribution in [-0.4, -0.2) is 31.9 Å². The number of aryl methyl sites for hydroxylation is 1. The van der Waals surface area contributed by atoms with E-state index in [1.165, 1.54) is 0 Å². The average molecular weight is 390 g/mol. The number of fused-ring (bicyclic) bond motifs is 1. The highest BCUT2D eigenvalue weighted by molar-refractivity contribution is 5.93. The van der Waals surface area contributed by atoms with E-state index in [0.717, 1.165) is 28.0 Å². The number of esters is 1. The van der Waals surface area contributed by atoms with Gasteiger partial charge in [-0.3, -0.25) is 9.25 Å². The van der Waals surface area contributed by atoms with Gasteiger partial charge in [0.25, 0.3) is 0 Å². The number of ether oxygens (including phenoxy) is 2. The standard InChI is InChI=1S/C22H22N4O3/c1-3-29-22(27)17-7-8-21-20(12-17)23-15-26(21)18-6-4-5-16(11-18)13-28-14-19-9-10-24-25(19)2/h4-12,15H,3,13-14H2,1-2H3. The van der Waals surface area contributed by atoms with E-state index in [2.05, 4.69) is 16.1 Å². The molecule has 0 aliphatic rings. The molecule has 0 saturated carbocycles. The van der Waals surface area contributed by atoms with Gasteiger partial charge in [-0.25, -0.2) is 9.78 Å². The molecule has 4 rings (SSSR count). The summed E-state index contributed by atoms with van der Waals surface area (Å²) in [5.74, 6) is -0.337. The fraction of sp³-hybridized carbons (Fsp3) is 0.227. The number of carbonyl (C=O) groups excluding carboxylic acids is 1. The third-order valence-electron chi connectivity index (χ3n) is 4.69. The van der Waals surface area contributed by atoms with Gasteiger partial charge >= 0.3 is 5.97 Å². The van der Waals surface area contributed by atoms with Crippen molar-refractivity contribution < 1.29 is 14.3 Å². The van der Waals surface area contributed by atoms with E-state index in [0.29, 0.717) is 25.4 Å². The minimum Gasteiger partial charge on any atom is -0.462 e. The molecule has 0 bridgehead atoms. The minimum absolute atomic E-state index is 0.337. The van der Waals surface area contributed by atoms with Crippen molar-refractivity contribution in [2.75, 3.05) is 6.61 Å². The number of rotatable bonds is 7. The molecule has 4 aromatic rings. The number of hydrogen-bond donors (Lipinski definition) is 0. The molecular formula is C22H22N4O3. The van der Waals surface area contributed by atoms with E-state index in [1.54, 1.807) is 36.3 Å². The third kappa shape index (κ3) is 4.05. The number of aromatic nitrogens is 4. The minimum atomic E-state index is -0.337. The first kappa shape index (κ1) is 18.9. The van der Waals surface area contributed by atoms with Crippen LogP contribution in [0.4, 0.5) is 0 Å². The molecule has 7 heteroatoms. The van der Waals surface area contributed by atoms with Gasteiger partial charge in [-0.1, -0.05) is 12.1 Å². The van der Waals surface area contributed by atoms with Crippen LogP contribution >= 0.6 is 0 Å². The van der Waals surface area contributed by atoms with Gasteiger partial charge in [0, 0.05) is 18.9 Å². The van der Waals surface area contributed by atoms with Gasteiger partial charge in [-0.15, -0.1) is 0 Å². The van der Waals surface area contributed by atoms with E-state index < -0.39 is 0 Å². The predicted octanol–water partition coefficient (Wildman–Crippen LogP) is 3.65. The molecule has 2 aromatic carbocycles. The Labute approximate surface area is 168 Å². The lowest BCUT2D eigenvalue weighted by atomic mass is 10.2. The van der Waals surface area contributed by atoms with E-state index in [9.17, 15) is 4.79 Å². The summed E-state index contributed by atoms with van der Waals surface area (Å²) >= 11 is 0. The molecule has 0 unspecified atom stereocenters. The Bertz CT molecular complexity index is 1150. The highest BCUT2D eigenvalue weighted by Crippen LogP contribution is 2.21. The van der Waals surface area contributed by atoms with Crippen LogP contribution in [0.25, 0.3) is 16.7 Å². The lowest BCUT2D eigenvalue weighted by Crippen LogP contribution is -2.04. The number of imidazole rings is 1. The summed E-state index contributed by atoms with van der Waals surface area (Å²) in [6.07, 6.45) is 3.52. The molecular weight excluding hydrogens is 368 g/mol. The number of carbonyl (C=O) groups is 1. The Morgan fingerprint density at radius 2 is 2.00 bits per heavy atom. The largest absolute Gasteiger partial charge is 0.462 e. The number of nitrogens with zero attached hydrogens (tertiary/aromatic N) is 4. The van der Waals surface area contributed by atoms with Gasteiger partial charge in [-0.2, -0.15) is 5.10 Å². The second-order valence-corrected chi connectivity index (χ2v) is 6.65. The molecule has 148 valence electrons. The zero-order chi connectivity index (χ0) is 20.2. The Hall–Kier alpha value is -3.45. The van der Waals surface area contributed by atoms with Crippen molar-refractivity contribution in [2.45, 2.75) is 20.1 Å². The van der Waals surface area contributed by atoms with Crippen LogP contribution in [0, 0.1) is 0 Å².